The number of likely N-dealkylation sites (N-methyl/N-ethyl adjacent to an activating group) is 1. The summed E-state index contributed by atoms with van der Waals surface area (Å²) < 4.78 is 45.1. The van der Waals surface area contributed by atoms with Crippen LogP contribution in [0.1, 0.15) is 42.6 Å². The molecule has 162 valence electrons. The molecule has 0 aliphatic carbocycles. The molecule has 30 heavy (non-hydrogen) atoms. The van der Waals surface area contributed by atoms with E-state index in [0.29, 0.717) is 11.4 Å². The highest BCUT2D eigenvalue weighted by Crippen LogP contribution is 2.36. The number of sulfonamides is 1. The minimum atomic E-state index is -3.81. The van der Waals surface area contributed by atoms with E-state index < -0.39 is 32.0 Å². The number of amides is 1. The number of carbonyl (C=O) groups excluding carboxylic acids is 1. The summed E-state index contributed by atoms with van der Waals surface area (Å²) in [6, 6.07) is 5.46. The molecule has 0 spiro atoms. The fourth-order valence-electron chi connectivity index (χ4n) is 3.31. The second kappa shape index (κ2) is 7.17. The Labute approximate surface area is 174 Å². The van der Waals surface area contributed by atoms with Crippen LogP contribution in [0, 0.1) is 12.7 Å². The summed E-state index contributed by atoms with van der Waals surface area (Å²) in [5.74, 6) is -0.780. The molecule has 1 unspecified atom stereocenters. The number of rotatable bonds is 3. The Kier molecular flexibility index (Phi) is 5.23. The standard InChI is InChI=1S/C19H24FN5O4S/c1-11-8-15(24-29-11)16(26)22-12-6-7-14(20)13(9-12)19(4)10-25(5)30(27,28)18(2,3)17(21)23-19/h6-9H,10H2,1-5H3,(H2,21,23)(H,22,26). The summed E-state index contributed by atoms with van der Waals surface area (Å²) in [6.45, 7) is 6.03. The predicted octanol–water partition coefficient (Wildman–Crippen LogP) is 2.00. The van der Waals surface area contributed by atoms with Gasteiger partial charge in [-0.05, 0) is 45.9 Å². The molecular weight excluding hydrogens is 413 g/mol. The minimum Gasteiger partial charge on any atom is -0.386 e. The van der Waals surface area contributed by atoms with Gasteiger partial charge in [0.05, 0.1) is 0 Å². The predicted molar refractivity (Wildman–Crippen MR) is 110 cm³/mol. The smallest absolute Gasteiger partial charge is 0.277 e. The van der Waals surface area contributed by atoms with Crippen LogP contribution < -0.4 is 11.1 Å². The molecule has 1 aliphatic heterocycles. The summed E-state index contributed by atoms with van der Waals surface area (Å²) in [5, 5.41) is 6.27. The molecule has 1 aromatic carbocycles. The van der Waals surface area contributed by atoms with E-state index in [9.17, 15) is 17.6 Å². The van der Waals surface area contributed by atoms with Crippen molar-refractivity contribution < 1.29 is 22.1 Å². The van der Waals surface area contributed by atoms with Gasteiger partial charge < -0.3 is 15.6 Å². The Bertz CT molecular complexity index is 1140. The molecule has 11 heteroatoms. The van der Waals surface area contributed by atoms with Crippen molar-refractivity contribution in [2.24, 2.45) is 10.7 Å². The van der Waals surface area contributed by atoms with Crippen molar-refractivity contribution in [2.75, 3.05) is 18.9 Å². The molecule has 1 aliphatic rings. The summed E-state index contributed by atoms with van der Waals surface area (Å²) in [7, 11) is -2.41. The largest absolute Gasteiger partial charge is 0.386 e. The third-order valence-corrected chi connectivity index (χ3v) is 7.68. The van der Waals surface area contributed by atoms with Crippen LogP contribution in [0.25, 0.3) is 0 Å². The number of hydrogen-bond donors (Lipinski definition) is 2. The van der Waals surface area contributed by atoms with Crippen LogP contribution >= 0.6 is 0 Å². The van der Waals surface area contributed by atoms with E-state index in [4.69, 9.17) is 10.3 Å². The highest BCUT2D eigenvalue weighted by atomic mass is 32.2. The number of nitrogens with two attached hydrogens (primary N) is 1. The number of aliphatic imine (C=N–C) groups is 1. The van der Waals surface area contributed by atoms with Gasteiger partial charge in [0.15, 0.2) is 5.69 Å². The van der Waals surface area contributed by atoms with Crippen molar-refractivity contribution in [1.82, 2.24) is 9.46 Å². The third-order valence-electron chi connectivity index (χ3n) is 5.23. The number of nitrogens with one attached hydrogen (secondary N) is 1. The van der Waals surface area contributed by atoms with Crippen LogP contribution in [-0.4, -0.2) is 48.0 Å². The third kappa shape index (κ3) is 3.58. The number of amidine groups is 1. The molecule has 0 bridgehead atoms. The normalized spacial score (nSPS) is 23.5. The van der Waals surface area contributed by atoms with Gasteiger partial charge >= 0.3 is 0 Å². The van der Waals surface area contributed by atoms with Gasteiger partial charge in [-0.2, -0.15) is 0 Å². The number of nitrogens with zero attached hydrogens (tertiary/aromatic N) is 3. The van der Waals surface area contributed by atoms with E-state index in [0.717, 1.165) is 4.31 Å². The fraction of sp³-hybridized carbons (Fsp3) is 0.421. The molecule has 0 saturated heterocycles. The van der Waals surface area contributed by atoms with Gasteiger partial charge in [-0.3, -0.25) is 9.79 Å². The second-order valence-corrected chi connectivity index (χ2v) is 10.6. The highest BCUT2D eigenvalue weighted by Gasteiger charge is 2.48. The SMILES string of the molecule is Cc1cc(C(=O)Nc2ccc(F)c(C3(C)CN(C)S(=O)(=O)C(C)(C)C(N)=N3)c2)no1. The minimum absolute atomic E-state index is 0.0777. The average molecular weight is 437 g/mol. The molecule has 2 aromatic rings. The van der Waals surface area contributed by atoms with E-state index >= 15 is 0 Å². The summed E-state index contributed by atoms with van der Waals surface area (Å²) in [5.41, 5.74) is 5.20. The molecule has 9 nitrogen and oxygen atoms in total. The first-order chi connectivity index (χ1) is 13.8. The Morgan fingerprint density at radius 3 is 2.57 bits per heavy atom. The number of halogens is 1. The number of benzene rings is 1. The molecule has 1 atom stereocenters. The molecule has 0 saturated carbocycles. The van der Waals surface area contributed by atoms with Crippen molar-refractivity contribution in [3.63, 3.8) is 0 Å². The number of carbonyl (C=O) groups is 1. The van der Waals surface area contributed by atoms with Crippen molar-refractivity contribution in [1.29, 1.82) is 0 Å². The molecule has 2 heterocycles. The Morgan fingerprint density at radius 2 is 1.97 bits per heavy atom. The fourth-order valence-corrected chi connectivity index (χ4v) is 4.82. The average Bonchev–Trinajstić information content (AvgIpc) is 3.07. The first-order valence-corrected chi connectivity index (χ1v) is 10.6. The molecule has 1 aromatic heterocycles. The van der Waals surface area contributed by atoms with Gasteiger partial charge in [0, 0.05) is 30.9 Å². The quantitative estimate of drug-likeness (QED) is 0.755. The molecule has 3 rings (SSSR count). The molecule has 1 amide bonds. The zero-order chi connectivity index (χ0) is 22.5. The van der Waals surface area contributed by atoms with Crippen LogP contribution in [0.15, 0.2) is 33.8 Å². The lowest BCUT2D eigenvalue weighted by Crippen LogP contribution is -2.50. The van der Waals surface area contributed by atoms with E-state index in [1.165, 1.54) is 45.2 Å². The van der Waals surface area contributed by atoms with Crippen molar-refractivity contribution >= 4 is 27.5 Å². The molecular formula is C19H24FN5O4S. The van der Waals surface area contributed by atoms with Crippen LogP contribution in [0.2, 0.25) is 0 Å². The Balaban J connectivity index is 2.03. The van der Waals surface area contributed by atoms with E-state index in [2.05, 4.69) is 15.5 Å². The lowest BCUT2D eigenvalue weighted by molar-refractivity contribution is 0.101. The molecule has 3 N–H and O–H groups in total. The monoisotopic (exact) mass is 437 g/mol. The van der Waals surface area contributed by atoms with Gasteiger partial charge in [0.25, 0.3) is 5.91 Å². The van der Waals surface area contributed by atoms with Gasteiger partial charge in [0.2, 0.25) is 10.0 Å². The molecule has 0 radical (unpaired) electrons. The van der Waals surface area contributed by atoms with E-state index in [-0.39, 0.29) is 23.6 Å². The first kappa shape index (κ1) is 21.9. The van der Waals surface area contributed by atoms with Crippen LogP contribution in [0.5, 0.6) is 0 Å². The summed E-state index contributed by atoms with van der Waals surface area (Å²) >= 11 is 0. The number of hydrogen-bond acceptors (Lipinski definition) is 7. The highest BCUT2D eigenvalue weighted by molar-refractivity contribution is 7.91. The topological polar surface area (TPSA) is 131 Å². The second-order valence-electron chi connectivity index (χ2n) is 8.01. The Hall–Kier alpha value is -2.79. The van der Waals surface area contributed by atoms with Crippen LogP contribution in [0.3, 0.4) is 0 Å². The Morgan fingerprint density at radius 1 is 1.30 bits per heavy atom. The van der Waals surface area contributed by atoms with Crippen LogP contribution in [0.4, 0.5) is 10.1 Å². The lowest BCUT2D eigenvalue weighted by atomic mass is 9.91. The number of anilines is 1. The van der Waals surface area contributed by atoms with Crippen LogP contribution in [-0.2, 0) is 15.6 Å². The van der Waals surface area contributed by atoms with Crippen molar-refractivity contribution in [3.8, 4) is 0 Å². The van der Waals surface area contributed by atoms with E-state index in [1.807, 2.05) is 0 Å². The zero-order valence-electron chi connectivity index (χ0n) is 17.4. The van der Waals surface area contributed by atoms with E-state index in [1.54, 1.807) is 13.8 Å². The van der Waals surface area contributed by atoms with Gasteiger partial charge in [-0.1, -0.05) is 5.16 Å². The molecule has 0 fully saturated rings. The maximum absolute atomic E-state index is 14.8. The van der Waals surface area contributed by atoms with Crippen molar-refractivity contribution in [2.45, 2.75) is 38.0 Å². The summed E-state index contributed by atoms with van der Waals surface area (Å²) in [4.78, 5) is 16.8. The van der Waals surface area contributed by atoms with Crippen molar-refractivity contribution in [3.05, 3.63) is 47.1 Å². The number of aryl methyl sites for hydroxylation is 1. The first-order valence-electron chi connectivity index (χ1n) is 9.14. The van der Waals surface area contributed by atoms with Gasteiger partial charge in [0.1, 0.15) is 27.7 Å². The maximum atomic E-state index is 14.8. The lowest BCUT2D eigenvalue weighted by Gasteiger charge is -2.29. The maximum Gasteiger partial charge on any atom is 0.277 e. The van der Waals surface area contributed by atoms with Gasteiger partial charge in [-0.25, -0.2) is 17.1 Å². The zero-order valence-corrected chi connectivity index (χ0v) is 18.2. The number of aromatic nitrogens is 1. The van der Waals surface area contributed by atoms with Gasteiger partial charge in [-0.15, -0.1) is 0 Å². The summed E-state index contributed by atoms with van der Waals surface area (Å²) in [6.07, 6.45) is 0.